The van der Waals surface area contributed by atoms with Gasteiger partial charge in [-0.15, -0.1) is 10.2 Å². The van der Waals surface area contributed by atoms with Gasteiger partial charge in [0.15, 0.2) is 16.2 Å². The molecule has 10 heteroatoms. The Balaban J connectivity index is 1.91. The first-order valence-corrected chi connectivity index (χ1v) is 9.26. The molecule has 3 aromatic rings. The molecule has 2 aromatic heterocycles. The second-order valence-electron chi connectivity index (χ2n) is 5.64. The van der Waals surface area contributed by atoms with E-state index < -0.39 is 12.2 Å². The van der Waals surface area contributed by atoms with Crippen LogP contribution in [-0.2, 0) is 4.74 Å². The lowest BCUT2D eigenvalue weighted by Gasteiger charge is -2.23. The summed E-state index contributed by atoms with van der Waals surface area (Å²) in [5, 5.41) is 12.1. The molecule has 0 bridgehead atoms. The monoisotopic (exact) mass is 432 g/mol. The van der Waals surface area contributed by atoms with Crippen LogP contribution in [-0.4, -0.2) is 26.6 Å². The molecule has 1 fully saturated rings. The average molecular weight is 433 g/mol. The number of hydrogen-bond donors (Lipinski definition) is 0. The minimum Gasteiger partial charge on any atom is -0.356 e. The van der Waals surface area contributed by atoms with E-state index in [9.17, 15) is 13.2 Å². The first-order valence-electron chi connectivity index (χ1n) is 7.65. The predicted molar refractivity (Wildman–Crippen MR) is 90.1 cm³/mol. The molecule has 1 aliphatic rings. The van der Waals surface area contributed by atoms with Gasteiger partial charge >= 0.3 is 0 Å². The van der Waals surface area contributed by atoms with Gasteiger partial charge in [0.2, 0.25) is 0 Å². The molecule has 1 atom stereocenters. The Morgan fingerprint density at radius 2 is 2.12 bits per heavy atom. The van der Waals surface area contributed by atoms with E-state index in [1.807, 2.05) is 0 Å². The highest BCUT2D eigenvalue weighted by molar-refractivity contribution is 9.10. The van der Waals surface area contributed by atoms with Crippen molar-refractivity contribution in [1.82, 2.24) is 20.0 Å². The van der Waals surface area contributed by atoms with E-state index in [1.54, 1.807) is 6.07 Å². The minimum absolute atomic E-state index is 0.229. The molecule has 0 radical (unpaired) electrons. The number of alkyl halides is 2. The van der Waals surface area contributed by atoms with E-state index in [1.165, 1.54) is 10.7 Å². The molecule has 3 heterocycles. The summed E-state index contributed by atoms with van der Waals surface area (Å²) in [4.78, 5) is 0. The summed E-state index contributed by atoms with van der Waals surface area (Å²) in [6, 6.07) is 3.04. The highest BCUT2D eigenvalue weighted by Crippen LogP contribution is 2.37. The van der Waals surface area contributed by atoms with Crippen molar-refractivity contribution in [2.75, 3.05) is 6.61 Å². The van der Waals surface area contributed by atoms with Gasteiger partial charge in [-0.3, -0.25) is 0 Å². The standard InChI is InChI=1S/C15H12BrF3N4OS/c16-7-5-8-11(14-20-21-15(25-14)13(18)19)22-23(12(8)9(17)6-7)10-3-1-2-4-24-10/h5-6,10,13H,1-4H2. The zero-order valence-electron chi connectivity index (χ0n) is 12.8. The van der Waals surface area contributed by atoms with Crippen LogP contribution < -0.4 is 0 Å². The molecular formula is C15H12BrF3N4OS. The van der Waals surface area contributed by atoms with E-state index in [2.05, 4.69) is 31.2 Å². The third-order valence-electron chi connectivity index (χ3n) is 3.98. The first-order chi connectivity index (χ1) is 12.0. The van der Waals surface area contributed by atoms with Gasteiger partial charge in [-0.1, -0.05) is 27.3 Å². The Morgan fingerprint density at radius 1 is 1.28 bits per heavy atom. The Kier molecular flexibility index (Phi) is 4.50. The van der Waals surface area contributed by atoms with Crippen molar-refractivity contribution >= 4 is 38.2 Å². The van der Waals surface area contributed by atoms with Crippen molar-refractivity contribution in [3.05, 3.63) is 27.4 Å². The predicted octanol–water partition coefficient (Wildman–Crippen LogP) is 5.09. The molecule has 0 aliphatic carbocycles. The molecule has 4 rings (SSSR count). The Hall–Kier alpha value is -1.52. The molecule has 0 saturated carbocycles. The van der Waals surface area contributed by atoms with E-state index in [0.29, 0.717) is 28.6 Å². The number of aromatic nitrogens is 4. The van der Waals surface area contributed by atoms with Crippen LogP contribution >= 0.6 is 27.3 Å². The van der Waals surface area contributed by atoms with Gasteiger partial charge in [-0.05, 0) is 31.4 Å². The van der Waals surface area contributed by atoms with Crippen molar-refractivity contribution in [1.29, 1.82) is 0 Å². The van der Waals surface area contributed by atoms with Crippen LogP contribution in [0.15, 0.2) is 16.6 Å². The van der Waals surface area contributed by atoms with Gasteiger partial charge in [0.1, 0.15) is 17.0 Å². The number of fused-ring (bicyclic) bond motifs is 1. The van der Waals surface area contributed by atoms with Gasteiger partial charge in [0.05, 0.1) is 0 Å². The minimum atomic E-state index is -2.70. The maximum Gasteiger partial charge on any atom is 0.291 e. The SMILES string of the molecule is Fc1cc(Br)cc2c(-c3nnc(C(F)F)s3)nn(C3CCCCO3)c12. The lowest BCUT2D eigenvalue weighted by molar-refractivity contribution is -0.0368. The van der Waals surface area contributed by atoms with Crippen molar-refractivity contribution in [2.24, 2.45) is 0 Å². The van der Waals surface area contributed by atoms with Crippen molar-refractivity contribution < 1.29 is 17.9 Å². The molecule has 1 unspecified atom stereocenters. The number of nitrogens with zero attached hydrogens (tertiary/aromatic N) is 4. The summed E-state index contributed by atoms with van der Waals surface area (Å²) >= 11 is 4.02. The summed E-state index contributed by atoms with van der Waals surface area (Å²) < 4.78 is 48.0. The third kappa shape index (κ3) is 3.06. The Bertz CT molecular complexity index is 923. The summed E-state index contributed by atoms with van der Waals surface area (Å²) in [6.45, 7) is 0.577. The molecule has 1 aromatic carbocycles. The van der Waals surface area contributed by atoms with Crippen LogP contribution in [0.1, 0.15) is 36.9 Å². The molecule has 0 N–H and O–H groups in total. The highest BCUT2D eigenvalue weighted by atomic mass is 79.9. The van der Waals surface area contributed by atoms with Crippen LogP contribution in [0.4, 0.5) is 13.2 Å². The fourth-order valence-electron chi connectivity index (χ4n) is 2.89. The summed E-state index contributed by atoms with van der Waals surface area (Å²) in [6.07, 6.45) is -0.476. The maximum absolute atomic E-state index is 14.6. The lowest BCUT2D eigenvalue weighted by atomic mass is 10.1. The van der Waals surface area contributed by atoms with E-state index in [0.717, 1.165) is 24.2 Å². The lowest BCUT2D eigenvalue weighted by Crippen LogP contribution is -2.19. The topological polar surface area (TPSA) is 52.8 Å². The second-order valence-corrected chi connectivity index (χ2v) is 7.57. The molecule has 0 spiro atoms. The largest absolute Gasteiger partial charge is 0.356 e. The summed E-state index contributed by atoms with van der Waals surface area (Å²) in [5.41, 5.74) is 0.604. The summed E-state index contributed by atoms with van der Waals surface area (Å²) in [5.74, 6) is -0.462. The Labute approximate surface area is 152 Å². The van der Waals surface area contributed by atoms with Crippen molar-refractivity contribution in [3.8, 4) is 10.7 Å². The molecule has 25 heavy (non-hydrogen) atoms. The van der Waals surface area contributed by atoms with Gasteiger partial charge < -0.3 is 4.74 Å². The molecule has 0 amide bonds. The van der Waals surface area contributed by atoms with Crippen LogP contribution in [0.25, 0.3) is 21.6 Å². The summed E-state index contributed by atoms with van der Waals surface area (Å²) in [7, 11) is 0. The van der Waals surface area contributed by atoms with Crippen LogP contribution in [0.3, 0.4) is 0 Å². The van der Waals surface area contributed by atoms with Crippen LogP contribution in [0.5, 0.6) is 0 Å². The molecular weight excluding hydrogens is 421 g/mol. The zero-order chi connectivity index (χ0) is 17.6. The highest BCUT2D eigenvalue weighted by Gasteiger charge is 2.26. The molecule has 1 saturated heterocycles. The zero-order valence-corrected chi connectivity index (χ0v) is 15.2. The van der Waals surface area contributed by atoms with Crippen molar-refractivity contribution in [2.45, 2.75) is 31.9 Å². The molecule has 132 valence electrons. The Morgan fingerprint density at radius 3 is 2.80 bits per heavy atom. The average Bonchev–Trinajstić information content (AvgIpc) is 3.20. The van der Waals surface area contributed by atoms with Gasteiger partial charge in [0, 0.05) is 16.5 Å². The number of benzene rings is 1. The van der Waals surface area contributed by atoms with E-state index in [-0.39, 0.29) is 21.8 Å². The smallest absolute Gasteiger partial charge is 0.291 e. The fourth-order valence-corrected chi connectivity index (χ4v) is 4.02. The quantitative estimate of drug-likeness (QED) is 0.577. The number of halogens is 4. The van der Waals surface area contributed by atoms with Gasteiger partial charge in [0.25, 0.3) is 6.43 Å². The second kappa shape index (κ2) is 6.65. The third-order valence-corrected chi connectivity index (χ3v) is 5.37. The number of hydrogen-bond acceptors (Lipinski definition) is 5. The van der Waals surface area contributed by atoms with Gasteiger partial charge in [-0.25, -0.2) is 17.9 Å². The molecule has 1 aliphatic heterocycles. The maximum atomic E-state index is 14.6. The number of rotatable bonds is 3. The van der Waals surface area contributed by atoms with Crippen LogP contribution in [0.2, 0.25) is 0 Å². The van der Waals surface area contributed by atoms with E-state index >= 15 is 0 Å². The van der Waals surface area contributed by atoms with Crippen molar-refractivity contribution in [3.63, 3.8) is 0 Å². The van der Waals surface area contributed by atoms with Crippen LogP contribution in [0, 0.1) is 5.82 Å². The van der Waals surface area contributed by atoms with Gasteiger partial charge in [-0.2, -0.15) is 5.10 Å². The first kappa shape index (κ1) is 16.9. The normalized spacial score (nSPS) is 18.4. The molecule has 5 nitrogen and oxygen atoms in total. The fraction of sp³-hybridized carbons (Fsp3) is 0.400. The number of ether oxygens (including phenoxy) is 1. The van der Waals surface area contributed by atoms with E-state index in [4.69, 9.17) is 4.74 Å².